The molecular weight excluding hydrogens is 319 g/mol. The lowest BCUT2D eigenvalue weighted by Gasteiger charge is -2.31. The first-order valence-electron chi connectivity index (χ1n) is 6.69. The maximum absolute atomic E-state index is 12.5. The average Bonchev–Trinajstić information content (AvgIpc) is 3.05. The third kappa shape index (κ3) is 2.85. The molecule has 0 unspecified atom stereocenters. The predicted molar refractivity (Wildman–Crippen MR) is 74.6 cm³/mol. The van der Waals surface area contributed by atoms with Crippen LogP contribution in [0.25, 0.3) is 0 Å². The molecule has 2 N–H and O–H groups in total. The van der Waals surface area contributed by atoms with Crippen LogP contribution >= 0.6 is 11.5 Å². The van der Waals surface area contributed by atoms with E-state index in [1.165, 1.54) is 0 Å². The topological polar surface area (TPSA) is 85.8 Å². The molecule has 0 saturated carbocycles. The van der Waals surface area contributed by atoms with Crippen molar-refractivity contribution in [2.24, 2.45) is 0 Å². The molecular formula is C11H14F3N7S. The van der Waals surface area contributed by atoms with Crippen LogP contribution in [-0.4, -0.2) is 37.2 Å². The summed E-state index contributed by atoms with van der Waals surface area (Å²) in [5, 5.41) is 4.56. The lowest BCUT2D eigenvalue weighted by atomic mass is 10.1. The highest BCUT2D eigenvalue weighted by atomic mass is 32.1. The summed E-state index contributed by atoms with van der Waals surface area (Å²) in [5.41, 5.74) is 5.80. The van der Waals surface area contributed by atoms with Gasteiger partial charge in [-0.2, -0.15) is 32.6 Å². The summed E-state index contributed by atoms with van der Waals surface area (Å²) in [4.78, 5) is 9.45. The quantitative estimate of drug-likeness (QED) is 0.903. The molecule has 1 saturated heterocycles. The lowest BCUT2D eigenvalue weighted by Crippen LogP contribution is -2.35. The van der Waals surface area contributed by atoms with Crippen molar-refractivity contribution >= 4 is 22.6 Å². The fourth-order valence-corrected chi connectivity index (χ4v) is 3.21. The van der Waals surface area contributed by atoms with Crippen LogP contribution < -0.4 is 10.6 Å². The molecule has 1 aliphatic heterocycles. The largest absolute Gasteiger partial charge is 0.452 e. The van der Waals surface area contributed by atoms with Crippen molar-refractivity contribution in [1.82, 2.24) is 24.1 Å². The number of alkyl halides is 3. The number of nitrogen functional groups attached to an aromatic ring is 1. The summed E-state index contributed by atoms with van der Waals surface area (Å²) < 4.78 is 42.6. The first kappa shape index (κ1) is 15.0. The Hall–Kier alpha value is -1.91. The van der Waals surface area contributed by atoms with E-state index in [0.717, 1.165) is 11.5 Å². The molecule has 1 aliphatic rings. The van der Waals surface area contributed by atoms with Crippen LogP contribution in [0.2, 0.25) is 0 Å². The molecule has 3 heterocycles. The molecule has 0 atom stereocenters. The standard InChI is InChI=1S/C11H14F3N7S/c1-6-16-9(15)21(18-6)7-2-4-20(5-3-7)10-17-8(19-22-10)11(12,13)14/h7H,2-5H2,1H3,(H2,15,16,18). The number of anilines is 2. The molecule has 0 aromatic carbocycles. The number of hydrogen-bond donors (Lipinski definition) is 1. The van der Waals surface area contributed by atoms with Gasteiger partial charge < -0.3 is 10.6 Å². The van der Waals surface area contributed by atoms with E-state index in [9.17, 15) is 13.2 Å². The fourth-order valence-electron chi connectivity index (χ4n) is 2.48. The van der Waals surface area contributed by atoms with Crippen molar-refractivity contribution in [2.45, 2.75) is 32.0 Å². The minimum atomic E-state index is -4.50. The normalized spacial score (nSPS) is 17.2. The van der Waals surface area contributed by atoms with Gasteiger partial charge >= 0.3 is 6.18 Å². The Labute approximate surface area is 128 Å². The van der Waals surface area contributed by atoms with E-state index in [4.69, 9.17) is 5.73 Å². The Balaban J connectivity index is 1.67. The van der Waals surface area contributed by atoms with Crippen LogP contribution in [-0.2, 0) is 6.18 Å². The van der Waals surface area contributed by atoms with Crippen molar-refractivity contribution in [3.8, 4) is 0 Å². The van der Waals surface area contributed by atoms with Gasteiger partial charge in [0.2, 0.25) is 16.9 Å². The second-order valence-corrected chi connectivity index (χ2v) is 5.81. The van der Waals surface area contributed by atoms with Gasteiger partial charge in [-0.15, -0.1) is 0 Å². The van der Waals surface area contributed by atoms with Crippen molar-refractivity contribution in [3.05, 3.63) is 11.6 Å². The van der Waals surface area contributed by atoms with E-state index in [1.54, 1.807) is 11.6 Å². The third-order valence-electron chi connectivity index (χ3n) is 3.51. The molecule has 22 heavy (non-hydrogen) atoms. The first-order valence-corrected chi connectivity index (χ1v) is 7.46. The average molecular weight is 333 g/mol. The summed E-state index contributed by atoms with van der Waals surface area (Å²) in [6, 6.07) is 0.104. The summed E-state index contributed by atoms with van der Waals surface area (Å²) in [5.74, 6) is -0.101. The Kier molecular flexibility index (Phi) is 3.67. The van der Waals surface area contributed by atoms with E-state index < -0.39 is 12.0 Å². The zero-order chi connectivity index (χ0) is 15.9. The molecule has 2 aromatic rings. The van der Waals surface area contributed by atoms with E-state index >= 15 is 0 Å². The maximum atomic E-state index is 12.5. The van der Waals surface area contributed by atoms with Gasteiger partial charge in [0.15, 0.2) is 0 Å². The number of piperidine rings is 1. The van der Waals surface area contributed by atoms with E-state index in [-0.39, 0.29) is 6.04 Å². The van der Waals surface area contributed by atoms with Crippen LogP contribution in [0.1, 0.15) is 30.5 Å². The molecule has 11 heteroatoms. The van der Waals surface area contributed by atoms with E-state index in [2.05, 4.69) is 19.4 Å². The van der Waals surface area contributed by atoms with Crippen molar-refractivity contribution in [1.29, 1.82) is 0 Å². The highest BCUT2D eigenvalue weighted by molar-refractivity contribution is 7.09. The fraction of sp³-hybridized carbons (Fsp3) is 0.636. The van der Waals surface area contributed by atoms with Crippen LogP contribution in [0.3, 0.4) is 0 Å². The minimum absolute atomic E-state index is 0.104. The summed E-state index contributed by atoms with van der Waals surface area (Å²) in [6.07, 6.45) is -3.07. The highest BCUT2D eigenvalue weighted by Crippen LogP contribution is 2.32. The zero-order valence-electron chi connectivity index (χ0n) is 11.7. The van der Waals surface area contributed by atoms with Gasteiger partial charge in [-0.05, 0) is 19.8 Å². The summed E-state index contributed by atoms with van der Waals surface area (Å²) >= 11 is 0.773. The second-order valence-electron chi connectivity index (χ2n) is 5.08. The lowest BCUT2D eigenvalue weighted by molar-refractivity contribution is -0.144. The monoisotopic (exact) mass is 333 g/mol. The number of hydrogen-bond acceptors (Lipinski definition) is 7. The highest BCUT2D eigenvalue weighted by Gasteiger charge is 2.37. The first-order chi connectivity index (χ1) is 10.3. The Bertz CT molecular complexity index is 657. The number of aryl methyl sites for hydroxylation is 1. The van der Waals surface area contributed by atoms with Gasteiger partial charge in [-0.3, -0.25) is 0 Å². The van der Waals surface area contributed by atoms with Crippen molar-refractivity contribution in [2.75, 3.05) is 23.7 Å². The number of nitrogens with two attached hydrogens (primary N) is 1. The predicted octanol–water partition coefficient (Wildman–Crippen LogP) is 1.88. The smallest absolute Gasteiger partial charge is 0.368 e. The van der Waals surface area contributed by atoms with E-state index in [0.29, 0.717) is 42.8 Å². The Morgan fingerprint density at radius 1 is 1.23 bits per heavy atom. The molecule has 120 valence electrons. The van der Waals surface area contributed by atoms with Crippen molar-refractivity contribution < 1.29 is 13.2 Å². The van der Waals surface area contributed by atoms with Gasteiger partial charge in [-0.1, -0.05) is 0 Å². The molecule has 0 bridgehead atoms. The van der Waals surface area contributed by atoms with Gasteiger partial charge in [0, 0.05) is 24.6 Å². The minimum Gasteiger partial charge on any atom is -0.368 e. The van der Waals surface area contributed by atoms with Gasteiger partial charge in [-0.25, -0.2) is 4.68 Å². The van der Waals surface area contributed by atoms with Crippen LogP contribution in [0, 0.1) is 6.92 Å². The number of rotatable bonds is 2. The van der Waals surface area contributed by atoms with Gasteiger partial charge in [0.1, 0.15) is 5.82 Å². The zero-order valence-corrected chi connectivity index (χ0v) is 12.5. The molecule has 0 aliphatic carbocycles. The molecule has 0 spiro atoms. The molecule has 3 rings (SSSR count). The van der Waals surface area contributed by atoms with Crippen LogP contribution in [0.15, 0.2) is 0 Å². The summed E-state index contributed by atoms with van der Waals surface area (Å²) in [7, 11) is 0. The number of aromatic nitrogens is 5. The molecule has 0 amide bonds. The molecule has 7 nitrogen and oxygen atoms in total. The van der Waals surface area contributed by atoms with Crippen molar-refractivity contribution in [3.63, 3.8) is 0 Å². The van der Waals surface area contributed by atoms with Gasteiger partial charge in [0.05, 0.1) is 6.04 Å². The third-order valence-corrected chi connectivity index (χ3v) is 4.29. The van der Waals surface area contributed by atoms with Gasteiger partial charge in [0.25, 0.3) is 0 Å². The second kappa shape index (κ2) is 5.38. The maximum Gasteiger partial charge on any atom is 0.452 e. The van der Waals surface area contributed by atoms with E-state index in [1.807, 2.05) is 4.90 Å². The Morgan fingerprint density at radius 2 is 1.91 bits per heavy atom. The SMILES string of the molecule is Cc1nc(N)n(C2CCN(c3nc(C(F)(F)F)ns3)CC2)n1. The van der Waals surface area contributed by atoms with Crippen LogP contribution in [0.4, 0.5) is 24.3 Å². The number of nitrogens with zero attached hydrogens (tertiary/aromatic N) is 6. The number of halogens is 3. The molecule has 2 aromatic heterocycles. The molecule has 0 radical (unpaired) electrons. The molecule has 1 fully saturated rings. The Morgan fingerprint density at radius 3 is 2.41 bits per heavy atom. The summed E-state index contributed by atoms with van der Waals surface area (Å²) in [6.45, 7) is 2.92. The van der Waals surface area contributed by atoms with Crippen LogP contribution in [0.5, 0.6) is 0 Å².